The number of carbonyl (C=O) groups is 1. The fourth-order valence-corrected chi connectivity index (χ4v) is 3.65. The SMILES string of the molecule is N#Cc1ccccc1OCC(N)C(O)(Cc1cc(OC2CCCCC2)ccn1)C(=O)O. The standard InChI is InChI=1S/C23H27N3O5/c24-14-16-6-4-5-9-20(16)30-15-21(25)23(29,22(27)28)13-17-12-19(10-11-26-17)31-18-7-2-1-3-8-18/h4-6,9-12,18,21,29H,1-3,7-8,13,15,25H2,(H,27,28). The lowest BCUT2D eigenvalue weighted by molar-refractivity contribution is -0.161. The first-order valence-corrected chi connectivity index (χ1v) is 10.4. The van der Waals surface area contributed by atoms with Crippen molar-refractivity contribution in [3.8, 4) is 17.6 Å². The van der Waals surface area contributed by atoms with Gasteiger partial charge in [-0.3, -0.25) is 4.98 Å². The van der Waals surface area contributed by atoms with Gasteiger partial charge in [0.2, 0.25) is 0 Å². The van der Waals surface area contributed by atoms with E-state index in [4.69, 9.17) is 20.5 Å². The molecule has 3 rings (SSSR count). The van der Waals surface area contributed by atoms with Crippen molar-refractivity contribution in [2.75, 3.05) is 6.61 Å². The molecule has 164 valence electrons. The Morgan fingerprint density at radius 3 is 2.74 bits per heavy atom. The second kappa shape index (κ2) is 10.2. The van der Waals surface area contributed by atoms with Crippen LogP contribution in [0.4, 0.5) is 0 Å². The van der Waals surface area contributed by atoms with E-state index >= 15 is 0 Å². The van der Waals surface area contributed by atoms with Gasteiger partial charge < -0.3 is 25.4 Å². The second-order valence-electron chi connectivity index (χ2n) is 7.79. The van der Waals surface area contributed by atoms with Crippen LogP contribution in [0.1, 0.15) is 43.4 Å². The summed E-state index contributed by atoms with van der Waals surface area (Å²) in [5.74, 6) is -0.607. The van der Waals surface area contributed by atoms with Gasteiger partial charge in [-0.25, -0.2) is 4.79 Å². The van der Waals surface area contributed by atoms with Crippen LogP contribution >= 0.6 is 0 Å². The molecule has 0 spiro atoms. The maximum absolute atomic E-state index is 11.9. The zero-order chi connectivity index (χ0) is 22.3. The maximum atomic E-state index is 11.9. The van der Waals surface area contributed by atoms with Gasteiger partial charge in [-0.05, 0) is 43.9 Å². The Morgan fingerprint density at radius 2 is 2.03 bits per heavy atom. The molecule has 1 fully saturated rings. The average Bonchev–Trinajstić information content (AvgIpc) is 2.78. The van der Waals surface area contributed by atoms with Crippen molar-refractivity contribution >= 4 is 5.97 Å². The molecule has 1 heterocycles. The molecule has 0 aliphatic heterocycles. The quantitative estimate of drug-likeness (QED) is 0.557. The average molecular weight is 425 g/mol. The number of para-hydroxylation sites is 1. The van der Waals surface area contributed by atoms with Gasteiger partial charge in [-0.15, -0.1) is 0 Å². The molecular formula is C23H27N3O5. The van der Waals surface area contributed by atoms with Gasteiger partial charge in [0.05, 0.1) is 17.7 Å². The molecule has 0 saturated heterocycles. The Labute approximate surface area is 181 Å². The number of benzene rings is 1. The molecule has 0 amide bonds. The highest BCUT2D eigenvalue weighted by atomic mass is 16.5. The van der Waals surface area contributed by atoms with Gasteiger partial charge in [-0.1, -0.05) is 18.6 Å². The highest BCUT2D eigenvalue weighted by Gasteiger charge is 2.43. The molecule has 0 bridgehead atoms. The molecular weight excluding hydrogens is 398 g/mol. The number of ether oxygens (including phenoxy) is 2. The zero-order valence-electron chi connectivity index (χ0n) is 17.2. The molecule has 1 aliphatic rings. The summed E-state index contributed by atoms with van der Waals surface area (Å²) < 4.78 is 11.5. The van der Waals surface area contributed by atoms with E-state index in [9.17, 15) is 15.0 Å². The Balaban J connectivity index is 1.69. The van der Waals surface area contributed by atoms with Gasteiger partial charge in [0, 0.05) is 24.4 Å². The van der Waals surface area contributed by atoms with E-state index in [0.717, 1.165) is 25.7 Å². The first-order valence-electron chi connectivity index (χ1n) is 10.4. The molecule has 0 radical (unpaired) electrons. The Kier molecular flexibility index (Phi) is 7.45. The van der Waals surface area contributed by atoms with Crippen molar-refractivity contribution in [3.63, 3.8) is 0 Å². The van der Waals surface area contributed by atoms with E-state index in [1.165, 1.54) is 12.6 Å². The first-order chi connectivity index (χ1) is 14.9. The van der Waals surface area contributed by atoms with Crippen LogP contribution in [-0.2, 0) is 11.2 Å². The molecule has 2 unspecified atom stereocenters. The predicted molar refractivity (Wildman–Crippen MR) is 113 cm³/mol. The summed E-state index contributed by atoms with van der Waals surface area (Å²) in [5, 5.41) is 29.7. The van der Waals surface area contributed by atoms with Gasteiger partial charge in [0.15, 0.2) is 5.60 Å². The van der Waals surface area contributed by atoms with E-state index in [-0.39, 0.29) is 24.9 Å². The molecule has 1 aliphatic carbocycles. The number of hydrogen-bond acceptors (Lipinski definition) is 7. The van der Waals surface area contributed by atoms with Crippen molar-refractivity contribution < 1.29 is 24.5 Å². The Bertz CT molecular complexity index is 939. The van der Waals surface area contributed by atoms with Crippen LogP contribution in [0.2, 0.25) is 0 Å². The molecule has 8 nitrogen and oxygen atoms in total. The van der Waals surface area contributed by atoms with Crippen LogP contribution in [-0.4, -0.2) is 45.5 Å². The lowest BCUT2D eigenvalue weighted by Crippen LogP contribution is -2.58. The van der Waals surface area contributed by atoms with Crippen molar-refractivity contribution in [1.29, 1.82) is 5.26 Å². The highest BCUT2D eigenvalue weighted by molar-refractivity contribution is 5.78. The van der Waals surface area contributed by atoms with Crippen LogP contribution in [0.5, 0.6) is 11.5 Å². The Hall–Kier alpha value is -3.15. The lowest BCUT2D eigenvalue weighted by atomic mass is 9.89. The predicted octanol–water partition coefficient (Wildman–Crippen LogP) is 2.43. The first kappa shape index (κ1) is 22.5. The number of pyridine rings is 1. The number of nitrogens with zero attached hydrogens (tertiary/aromatic N) is 2. The number of aliphatic carboxylic acids is 1. The number of nitriles is 1. The molecule has 4 N–H and O–H groups in total. The molecule has 1 aromatic carbocycles. The fourth-order valence-electron chi connectivity index (χ4n) is 3.65. The van der Waals surface area contributed by atoms with Gasteiger partial charge in [0.1, 0.15) is 24.2 Å². The number of aromatic nitrogens is 1. The fraction of sp³-hybridized carbons (Fsp3) is 0.435. The summed E-state index contributed by atoms with van der Waals surface area (Å²) in [5.41, 5.74) is 4.37. The molecule has 8 heteroatoms. The van der Waals surface area contributed by atoms with Gasteiger partial charge in [0.25, 0.3) is 0 Å². The smallest absolute Gasteiger partial charge is 0.337 e. The molecule has 1 saturated carbocycles. The van der Waals surface area contributed by atoms with Crippen LogP contribution in [0, 0.1) is 11.3 Å². The van der Waals surface area contributed by atoms with E-state index < -0.39 is 17.6 Å². The minimum absolute atomic E-state index is 0.137. The zero-order valence-corrected chi connectivity index (χ0v) is 17.2. The summed E-state index contributed by atoms with van der Waals surface area (Å²) >= 11 is 0. The number of rotatable bonds is 9. The Morgan fingerprint density at radius 1 is 1.29 bits per heavy atom. The number of nitrogens with two attached hydrogens (primary N) is 1. The third kappa shape index (κ3) is 5.72. The normalized spacial score (nSPS) is 17.2. The van der Waals surface area contributed by atoms with E-state index in [1.54, 1.807) is 36.4 Å². The second-order valence-corrected chi connectivity index (χ2v) is 7.79. The largest absolute Gasteiger partial charge is 0.490 e. The summed E-state index contributed by atoms with van der Waals surface area (Å²) in [7, 11) is 0. The monoisotopic (exact) mass is 425 g/mol. The van der Waals surface area contributed by atoms with Crippen molar-refractivity contribution in [2.24, 2.45) is 5.73 Å². The summed E-state index contributed by atoms with van der Waals surface area (Å²) in [6.45, 7) is -0.292. The number of carboxylic acid groups (broad SMARTS) is 1. The summed E-state index contributed by atoms with van der Waals surface area (Å²) in [6.07, 6.45) is 6.81. The van der Waals surface area contributed by atoms with Crippen LogP contribution in [0.15, 0.2) is 42.6 Å². The summed E-state index contributed by atoms with van der Waals surface area (Å²) in [6, 6.07) is 10.6. The van der Waals surface area contributed by atoms with E-state index in [2.05, 4.69) is 4.98 Å². The highest BCUT2D eigenvalue weighted by Crippen LogP contribution is 2.25. The minimum Gasteiger partial charge on any atom is -0.490 e. The van der Waals surface area contributed by atoms with Crippen LogP contribution < -0.4 is 15.2 Å². The third-order valence-electron chi connectivity index (χ3n) is 5.50. The van der Waals surface area contributed by atoms with Gasteiger partial charge in [-0.2, -0.15) is 5.26 Å². The van der Waals surface area contributed by atoms with Crippen LogP contribution in [0.25, 0.3) is 0 Å². The molecule has 2 aromatic rings. The summed E-state index contributed by atoms with van der Waals surface area (Å²) in [4.78, 5) is 16.1. The molecule has 1 aromatic heterocycles. The molecule has 31 heavy (non-hydrogen) atoms. The lowest BCUT2D eigenvalue weighted by Gasteiger charge is -2.29. The van der Waals surface area contributed by atoms with Crippen molar-refractivity contribution in [2.45, 2.75) is 56.3 Å². The van der Waals surface area contributed by atoms with E-state index in [0.29, 0.717) is 17.0 Å². The van der Waals surface area contributed by atoms with Crippen LogP contribution in [0.3, 0.4) is 0 Å². The number of aliphatic hydroxyl groups is 1. The topological polar surface area (TPSA) is 139 Å². The van der Waals surface area contributed by atoms with Crippen molar-refractivity contribution in [3.05, 3.63) is 53.9 Å². The van der Waals surface area contributed by atoms with Crippen molar-refractivity contribution in [1.82, 2.24) is 4.98 Å². The minimum atomic E-state index is -2.31. The number of hydrogen-bond donors (Lipinski definition) is 3. The maximum Gasteiger partial charge on any atom is 0.337 e. The molecule has 2 atom stereocenters. The van der Waals surface area contributed by atoms with E-state index in [1.807, 2.05) is 6.07 Å². The third-order valence-corrected chi connectivity index (χ3v) is 5.50. The van der Waals surface area contributed by atoms with Gasteiger partial charge >= 0.3 is 5.97 Å². The number of carboxylic acids is 1.